The lowest BCUT2D eigenvalue weighted by atomic mass is 10.2. The Balaban J connectivity index is 2.11. The quantitative estimate of drug-likeness (QED) is 0.901. The van der Waals surface area contributed by atoms with Gasteiger partial charge in [0, 0.05) is 11.4 Å². The molecule has 0 aliphatic carbocycles. The number of hydrogen-bond donors (Lipinski definition) is 1. The molecular formula is C13H16N2O2S. The largest absolute Gasteiger partial charge is 0.497 e. The lowest BCUT2D eigenvalue weighted by Gasteiger charge is -2.11. The van der Waals surface area contributed by atoms with E-state index >= 15 is 0 Å². The number of nitrogens with zero attached hydrogens (tertiary/aromatic N) is 1. The summed E-state index contributed by atoms with van der Waals surface area (Å²) in [6.07, 6.45) is 0. The normalized spacial score (nSPS) is 10.2. The van der Waals surface area contributed by atoms with Crippen LogP contribution in [0.1, 0.15) is 10.7 Å². The van der Waals surface area contributed by atoms with Crippen molar-refractivity contribution >= 4 is 17.0 Å². The molecule has 18 heavy (non-hydrogen) atoms. The van der Waals surface area contributed by atoms with Crippen LogP contribution in [0, 0.1) is 6.92 Å². The summed E-state index contributed by atoms with van der Waals surface area (Å²) in [7, 11) is 3.30. The van der Waals surface area contributed by atoms with Gasteiger partial charge in [-0.1, -0.05) is 0 Å². The van der Waals surface area contributed by atoms with Crippen LogP contribution < -0.4 is 14.8 Å². The molecule has 0 atom stereocenters. The molecule has 0 aliphatic heterocycles. The molecule has 5 heteroatoms. The fourth-order valence-corrected chi connectivity index (χ4v) is 2.24. The minimum absolute atomic E-state index is 0.674. The van der Waals surface area contributed by atoms with Crippen LogP contribution in [0.25, 0.3) is 0 Å². The summed E-state index contributed by atoms with van der Waals surface area (Å²) >= 11 is 1.65. The average molecular weight is 264 g/mol. The van der Waals surface area contributed by atoms with E-state index in [1.165, 1.54) is 0 Å². The summed E-state index contributed by atoms with van der Waals surface area (Å²) < 4.78 is 10.5. The summed E-state index contributed by atoms with van der Waals surface area (Å²) in [6, 6.07) is 5.67. The van der Waals surface area contributed by atoms with Crippen molar-refractivity contribution in [3.8, 4) is 11.5 Å². The first-order valence-electron chi connectivity index (χ1n) is 5.60. The lowest BCUT2D eigenvalue weighted by molar-refractivity contribution is 0.404. The van der Waals surface area contributed by atoms with Crippen molar-refractivity contribution in [3.63, 3.8) is 0 Å². The monoisotopic (exact) mass is 264 g/mol. The van der Waals surface area contributed by atoms with Gasteiger partial charge < -0.3 is 14.8 Å². The molecule has 1 heterocycles. The molecule has 0 spiro atoms. The predicted octanol–water partition coefficient (Wildman–Crippen LogP) is 3.08. The standard InChI is InChI=1S/C13H16N2O2S/c1-9-15-10(8-18-9)7-14-12-6-11(16-2)4-5-13(12)17-3/h4-6,8,14H,7H2,1-3H3. The van der Waals surface area contributed by atoms with Gasteiger partial charge in [-0.25, -0.2) is 4.98 Å². The van der Waals surface area contributed by atoms with Crippen LogP contribution in [-0.4, -0.2) is 19.2 Å². The summed E-state index contributed by atoms with van der Waals surface area (Å²) in [6.45, 7) is 2.67. The Morgan fingerprint density at radius 2 is 2.11 bits per heavy atom. The van der Waals surface area contributed by atoms with E-state index in [1.54, 1.807) is 25.6 Å². The van der Waals surface area contributed by atoms with Gasteiger partial charge in [-0.05, 0) is 19.1 Å². The summed E-state index contributed by atoms with van der Waals surface area (Å²) in [4.78, 5) is 4.41. The smallest absolute Gasteiger partial charge is 0.142 e. The molecule has 4 nitrogen and oxygen atoms in total. The molecule has 0 unspecified atom stereocenters. The zero-order valence-corrected chi connectivity index (χ0v) is 11.5. The highest BCUT2D eigenvalue weighted by molar-refractivity contribution is 7.09. The summed E-state index contributed by atoms with van der Waals surface area (Å²) in [5.74, 6) is 1.59. The van der Waals surface area contributed by atoms with Gasteiger partial charge in [0.2, 0.25) is 0 Å². The Hall–Kier alpha value is -1.75. The third-order valence-corrected chi connectivity index (χ3v) is 3.36. The average Bonchev–Trinajstić information content (AvgIpc) is 2.81. The van der Waals surface area contributed by atoms with Gasteiger partial charge in [0.1, 0.15) is 11.5 Å². The van der Waals surface area contributed by atoms with Crippen LogP contribution in [-0.2, 0) is 6.54 Å². The topological polar surface area (TPSA) is 43.4 Å². The number of nitrogens with one attached hydrogen (secondary N) is 1. The Morgan fingerprint density at radius 1 is 1.28 bits per heavy atom. The van der Waals surface area contributed by atoms with E-state index in [1.807, 2.05) is 25.1 Å². The fraction of sp³-hybridized carbons (Fsp3) is 0.308. The van der Waals surface area contributed by atoms with Crippen molar-refractivity contribution in [2.24, 2.45) is 0 Å². The molecule has 0 amide bonds. The molecule has 0 saturated heterocycles. The van der Waals surface area contributed by atoms with E-state index in [9.17, 15) is 0 Å². The molecule has 1 aromatic carbocycles. The van der Waals surface area contributed by atoms with E-state index in [4.69, 9.17) is 9.47 Å². The van der Waals surface area contributed by atoms with Crippen molar-refractivity contribution in [1.29, 1.82) is 0 Å². The molecule has 1 N–H and O–H groups in total. The first-order chi connectivity index (χ1) is 8.72. The molecule has 0 bridgehead atoms. The number of methoxy groups -OCH3 is 2. The highest BCUT2D eigenvalue weighted by Crippen LogP contribution is 2.29. The van der Waals surface area contributed by atoms with Crippen LogP contribution >= 0.6 is 11.3 Å². The second-order valence-corrected chi connectivity index (χ2v) is 4.84. The van der Waals surface area contributed by atoms with Crippen molar-refractivity contribution in [2.75, 3.05) is 19.5 Å². The molecular weight excluding hydrogens is 248 g/mol. The molecule has 96 valence electrons. The zero-order valence-electron chi connectivity index (χ0n) is 10.7. The maximum Gasteiger partial charge on any atom is 0.142 e. The molecule has 2 aromatic rings. The number of ether oxygens (including phenoxy) is 2. The van der Waals surface area contributed by atoms with Crippen molar-refractivity contribution in [2.45, 2.75) is 13.5 Å². The number of hydrogen-bond acceptors (Lipinski definition) is 5. The van der Waals surface area contributed by atoms with Gasteiger partial charge in [0.15, 0.2) is 0 Å². The predicted molar refractivity (Wildman–Crippen MR) is 73.7 cm³/mol. The number of benzene rings is 1. The van der Waals surface area contributed by atoms with Crippen LogP contribution in [0.2, 0.25) is 0 Å². The maximum absolute atomic E-state index is 5.30. The van der Waals surface area contributed by atoms with E-state index in [0.717, 1.165) is 27.9 Å². The second kappa shape index (κ2) is 5.73. The first kappa shape index (κ1) is 12.7. The van der Waals surface area contributed by atoms with Crippen molar-refractivity contribution in [3.05, 3.63) is 34.3 Å². The number of anilines is 1. The Morgan fingerprint density at radius 3 is 2.72 bits per heavy atom. The molecule has 0 fully saturated rings. The molecule has 0 saturated carbocycles. The van der Waals surface area contributed by atoms with Gasteiger partial charge in [0.25, 0.3) is 0 Å². The van der Waals surface area contributed by atoms with E-state index in [0.29, 0.717) is 6.54 Å². The Bertz CT molecular complexity index is 525. The van der Waals surface area contributed by atoms with E-state index in [2.05, 4.69) is 15.7 Å². The maximum atomic E-state index is 5.30. The third-order valence-electron chi connectivity index (χ3n) is 2.53. The van der Waals surface area contributed by atoms with Crippen LogP contribution in [0.3, 0.4) is 0 Å². The fourth-order valence-electron chi connectivity index (χ4n) is 1.63. The van der Waals surface area contributed by atoms with Gasteiger partial charge in [-0.3, -0.25) is 0 Å². The second-order valence-electron chi connectivity index (χ2n) is 3.78. The van der Waals surface area contributed by atoms with Crippen LogP contribution in [0.15, 0.2) is 23.6 Å². The zero-order chi connectivity index (χ0) is 13.0. The van der Waals surface area contributed by atoms with Crippen molar-refractivity contribution in [1.82, 2.24) is 4.98 Å². The molecule has 0 radical (unpaired) electrons. The molecule has 2 rings (SSSR count). The van der Waals surface area contributed by atoms with E-state index in [-0.39, 0.29) is 0 Å². The van der Waals surface area contributed by atoms with Crippen molar-refractivity contribution < 1.29 is 9.47 Å². The first-order valence-corrected chi connectivity index (χ1v) is 6.48. The minimum Gasteiger partial charge on any atom is -0.497 e. The van der Waals surface area contributed by atoms with Gasteiger partial charge in [-0.2, -0.15) is 0 Å². The van der Waals surface area contributed by atoms with Crippen LogP contribution in [0.5, 0.6) is 11.5 Å². The summed E-state index contributed by atoms with van der Waals surface area (Å²) in [5, 5.41) is 6.43. The third kappa shape index (κ3) is 2.92. The highest BCUT2D eigenvalue weighted by Gasteiger charge is 2.05. The van der Waals surface area contributed by atoms with Gasteiger partial charge in [-0.15, -0.1) is 11.3 Å². The lowest BCUT2D eigenvalue weighted by Crippen LogP contribution is -2.02. The number of aryl methyl sites for hydroxylation is 1. The Kier molecular flexibility index (Phi) is 4.04. The number of rotatable bonds is 5. The molecule has 1 aromatic heterocycles. The number of aromatic nitrogens is 1. The van der Waals surface area contributed by atoms with Crippen LogP contribution in [0.4, 0.5) is 5.69 Å². The van der Waals surface area contributed by atoms with Gasteiger partial charge in [0.05, 0.1) is 37.2 Å². The SMILES string of the molecule is COc1ccc(OC)c(NCc2csc(C)n2)c1. The highest BCUT2D eigenvalue weighted by atomic mass is 32.1. The van der Waals surface area contributed by atoms with E-state index < -0.39 is 0 Å². The molecule has 0 aliphatic rings. The number of thiazole rings is 1. The van der Waals surface area contributed by atoms with Gasteiger partial charge >= 0.3 is 0 Å². The Labute approximate surface area is 111 Å². The minimum atomic E-state index is 0.674. The summed E-state index contributed by atoms with van der Waals surface area (Å²) in [5.41, 5.74) is 1.94.